The van der Waals surface area contributed by atoms with Crippen LogP contribution in [0.4, 0.5) is 13.2 Å². The van der Waals surface area contributed by atoms with Crippen LogP contribution in [0.5, 0.6) is 0 Å². The number of carbonyl (C=O) groups excluding carboxylic acids is 1. The number of hydrogen-bond acceptors (Lipinski definition) is 2. The van der Waals surface area contributed by atoms with Crippen LogP contribution in [0.15, 0.2) is 0 Å². The van der Waals surface area contributed by atoms with Gasteiger partial charge in [-0.15, -0.1) is 0 Å². The minimum atomic E-state index is -4.34. The normalized spacial score (nSPS) is 11.7. The molecule has 0 unspecified atom stereocenters. The van der Waals surface area contributed by atoms with Crippen molar-refractivity contribution in [3.05, 3.63) is 0 Å². The average Bonchev–Trinajstić information content (AvgIpc) is 1.98. The lowest BCUT2D eigenvalue weighted by Crippen LogP contribution is -2.20. The summed E-state index contributed by atoms with van der Waals surface area (Å²) in [5, 5.41) is 0. The van der Waals surface area contributed by atoms with Crippen molar-refractivity contribution in [1.82, 2.24) is 0 Å². The van der Waals surface area contributed by atoms with Crippen molar-refractivity contribution in [2.75, 3.05) is 13.2 Å². The van der Waals surface area contributed by atoms with Crippen LogP contribution in [0.2, 0.25) is 0 Å². The van der Waals surface area contributed by atoms with Gasteiger partial charge in [0.2, 0.25) is 0 Å². The van der Waals surface area contributed by atoms with E-state index in [0.29, 0.717) is 12.8 Å². The number of halogens is 3. The Labute approximate surface area is 75.1 Å². The third-order valence-electron chi connectivity index (χ3n) is 1.34. The van der Waals surface area contributed by atoms with Gasteiger partial charge >= 0.3 is 6.18 Å². The van der Waals surface area contributed by atoms with Crippen molar-refractivity contribution < 1.29 is 22.7 Å². The van der Waals surface area contributed by atoms with Gasteiger partial charge < -0.3 is 4.74 Å². The quantitative estimate of drug-likeness (QED) is 0.654. The molecule has 0 spiro atoms. The molecule has 0 aliphatic carbocycles. The zero-order valence-corrected chi connectivity index (χ0v) is 7.49. The zero-order valence-electron chi connectivity index (χ0n) is 7.49. The summed E-state index contributed by atoms with van der Waals surface area (Å²) >= 11 is 0. The van der Waals surface area contributed by atoms with Gasteiger partial charge in [-0.2, -0.15) is 13.2 Å². The van der Waals surface area contributed by atoms with Gasteiger partial charge in [-0.05, 0) is 6.42 Å². The molecule has 0 rings (SSSR count). The summed E-state index contributed by atoms with van der Waals surface area (Å²) in [7, 11) is 0. The Morgan fingerprint density at radius 1 is 1.38 bits per heavy atom. The number of ether oxygens (including phenoxy) is 1. The molecule has 0 amide bonds. The lowest BCUT2D eigenvalue weighted by Gasteiger charge is -2.06. The number of ketones is 1. The predicted molar refractivity (Wildman–Crippen MR) is 41.4 cm³/mol. The lowest BCUT2D eigenvalue weighted by atomic mass is 10.2. The monoisotopic (exact) mass is 198 g/mol. The highest BCUT2D eigenvalue weighted by Gasteiger charge is 2.27. The Hall–Kier alpha value is -0.580. The summed E-state index contributed by atoms with van der Waals surface area (Å²) in [6.45, 7) is 0.133. The summed E-state index contributed by atoms with van der Waals surface area (Å²) in [6.07, 6.45) is -2.49. The minimum Gasteiger partial charge on any atom is -0.364 e. The molecule has 0 aromatic carbocycles. The first-order valence-electron chi connectivity index (χ1n) is 4.12. The second kappa shape index (κ2) is 5.96. The van der Waals surface area contributed by atoms with Gasteiger partial charge in [0, 0.05) is 6.42 Å². The molecule has 0 aliphatic rings. The maximum atomic E-state index is 11.5. The number of carbonyl (C=O) groups is 1. The van der Waals surface area contributed by atoms with E-state index in [1.807, 2.05) is 6.92 Å². The molecule has 0 saturated carbocycles. The van der Waals surface area contributed by atoms with Crippen LogP contribution in [0.3, 0.4) is 0 Å². The van der Waals surface area contributed by atoms with Crippen LogP contribution in [0, 0.1) is 0 Å². The Kier molecular flexibility index (Phi) is 5.70. The molecule has 0 aromatic rings. The third kappa shape index (κ3) is 9.33. The Morgan fingerprint density at radius 3 is 2.46 bits per heavy atom. The summed E-state index contributed by atoms with van der Waals surface area (Å²) in [5.74, 6) is -0.272. The van der Waals surface area contributed by atoms with Crippen LogP contribution in [-0.4, -0.2) is 25.2 Å². The fourth-order valence-electron chi connectivity index (χ4n) is 0.727. The van der Waals surface area contributed by atoms with Crippen molar-refractivity contribution >= 4 is 5.78 Å². The van der Waals surface area contributed by atoms with E-state index in [-0.39, 0.29) is 5.78 Å². The average molecular weight is 198 g/mol. The SMILES string of the molecule is CCCCC(=O)COCC(F)(F)F. The van der Waals surface area contributed by atoms with Gasteiger partial charge in [0.05, 0.1) is 0 Å². The Balaban J connectivity index is 3.37. The molecule has 0 saturated heterocycles. The third-order valence-corrected chi connectivity index (χ3v) is 1.34. The Bertz CT molecular complexity index is 154. The molecule has 78 valence electrons. The van der Waals surface area contributed by atoms with Crippen molar-refractivity contribution in [1.29, 1.82) is 0 Å². The topological polar surface area (TPSA) is 26.3 Å². The second-order valence-corrected chi connectivity index (χ2v) is 2.75. The van der Waals surface area contributed by atoms with Crippen LogP contribution in [0.25, 0.3) is 0 Å². The van der Waals surface area contributed by atoms with E-state index < -0.39 is 19.4 Å². The molecule has 0 radical (unpaired) electrons. The molecule has 0 aliphatic heterocycles. The maximum absolute atomic E-state index is 11.5. The zero-order chi connectivity index (χ0) is 10.3. The fraction of sp³-hybridized carbons (Fsp3) is 0.875. The molecule has 0 atom stereocenters. The van der Waals surface area contributed by atoms with Crippen molar-refractivity contribution in [3.8, 4) is 0 Å². The standard InChI is InChI=1S/C8H13F3O2/c1-2-3-4-7(12)5-13-6-8(9,10)11/h2-6H2,1H3. The summed E-state index contributed by atoms with van der Waals surface area (Å²) < 4.78 is 38.7. The molecular formula is C8H13F3O2. The number of unbranched alkanes of at least 4 members (excludes halogenated alkanes) is 1. The largest absolute Gasteiger partial charge is 0.411 e. The van der Waals surface area contributed by atoms with E-state index in [1.54, 1.807) is 0 Å². The number of hydrogen-bond donors (Lipinski definition) is 0. The van der Waals surface area contributed by atoms with Crippen molar-refractivity contribution in [3.63, 3.8) is 0 Å². The van der Waals surface area contributed by atoms with Gasteiger partial charge in [-0.1, -0.05) is 13.3 Å². The number of alkyl halides is 3. The lowest BCUT2D eigenvalue weighted by molar-refractivity contribution is -0.175. The first kappa shape index (κ1) is 12.4. The molecule has 2 nitrogen and oxygen atoms in total. The van der Waals surface area contributed by atoms with E-state index in [4.69, 9.17) is 0 Å². The van der Waals surface area contributed by atoms with E-state index in [2.05, 4.69) is 4.74 Å². The van der Waals surface area contributed by atoms with Gasteiger partial charge in [0.15, 0.2) is 5.78 Å². The fourth-order valence-corrected chi connectivity index (χ4v) is 0.727. The number of Topliss-reactive ketones (excluding diaryl/α,β-unsaturated/α-hetero) is 1. The molecule has 0 fully saturated rings. The number of rotatable bonds is 6. The molecule has 0 aromatic heterocycles. The predicted octanol–water partition coefficient (Wildman–Crippen LogP) is 2.32. The highest BCUT2D eigenvalue weighted by Crippen LogP contribution is 2.14. The van der Waals surface area contributed by atoms with Crippen molar-refractivity contribution in [2.45, 2.75) is 32.4 Å². The first-order chi connectivity index (χ1) is 5.95. The van der Waals surface area contributed by atoms with Gasteiger partial charge in [-0.25, -0.2) is 0 Å². The second-order valence-electron chi connectivity index (χ2n) is 2.75. The minimum absolute atomic E-state index is 0.272. The van der Waals surface area contributed by atoms with E-state index >= 15 is 0 Å². The maximum Gasteiger partial charge on any atom is 0.411 e. The van der Waals surface area contributed by atoms with E-state index in [9.17, 15) is 18.0 Å². The van der Waals surface area contributed by atoms with E-state index in [1.165, 1.54) is 0 Å². The molecule has 0 heterocycles. The van der Waals surface area contributed by atoms with Crippen molar-refractivity contribution in [2.24, 2.45) is 0 Å². The summed E-state index contributed by atoms with van der Waals surface area (Å²) in [6, 6.07) is 0. The van der Waals surface area contributed by atoms with Gasteiger partial charge in [-0.3, -0.25) is 4.79 Å². The van der Waals surface area contributed by atoms with Gasteiger partial charge in [0.1, 0.15) is 13.2 Å². The van der Waals surface area contributed by atoms with Crippen LogP contribution in [-0.2, 0) is 9.53 Å². The highest BCUT2D eigenvalue weighted by atomic mass is 19.4. The Morgan fingerprint density at radius 2 is 2.00 bits per heavy atom. The molecule has 13 heavy (non-hydrogen) atoms. The van der Waals surface area contributed by atoms with Crippen LogP contribution >= 0.6 is 0 Å². The smallest absolute Gasteiger partial charge is 0.364 e. The molecule has 0 N–H and O–H groups in total. The summed E-state index contributed by atoms with van der Waals surface area (Å²) in [5.41, 5.74) is 0. The van der Waals surface area contributed by atoms with Crippen LogP contribution < -0.4 is 0 Å². The molecule has 0 bridgehead atoms. The first-order valence-corrected chi connectivity index (χ1v) is 4.12. The summed E-state index contributed by atoms with van der Waals surface area (Å²) in [4.78, 5) is 10.8. The van der Waals surface area contributed by atoms with Crippen LogP contribution in [0.1, 0.15) is 26.2 Å². The molecular weight excluding hydrogens is 185 g/mol. The van der Waals surface area contributed by atoms with Gasteiger partial charge in [0.25, 0.3) is 0 Å². The highest BCUT2D eigenvalue weighted by molar-refractivity contribution is 5.79. The van der Waals surface area contributed by atoms with E-state index in [0.717, 1.165) is 6.42 Å². The molecule has 5 heteroatoms.